The molecule has 0 aromatic carbocycles. The zero-order valence-corrected chi connectivity index (χ0v) is 4.84. The molecular formula is C3H11N2O2+. The lowest BCUT2D eigenvalue weighted by Gasteiger charge is -2.17. The van der Waals surface area contributed by atoms with Crippen LogP contribution < -0.4 is 5.90 Å². The van der Waals surface area contributed by atoms with E-state index in [9.17, 15) is 0 Å². The highest BCUT2D eigenvalue weighted by atomic mass is 17.0. The second-order valence-corrected chi connectivity index (χ2v) is 1.54. The molecule has 0 saturated carbocycles. The lowest BCUT2D eigenvalue weighted by atomic mass is 11.2. The standard InChI is InChI=1S/C3H11N2O2/c1-5(2,6-3)7-4/h4H2,1-3H3/q+1. The Morgan fingerprint density at radius 2 is 1.86 bits per heavy atom. The lowest BCUT2D eigenvalue weighted by molar-refractivity contribution is -1.22. The van der Waals surface area contributed by atoms with Crippen molar-refractivity contribution in [1.82, 2.24) is 0 Å². The fraction of sp³-hybridized carbons (Fsp3) is 1.00. The molecule has 0 aliphatic heterocycles. The van der Waals surface area contributed by atoms with Crippen LogP contribution in [0.5, 0.6) is 0 Å². The minimum absolute atomic E-state index is 0.0833. The summed E-state index contributed by atoms with van der Waals surface area (Å²) in [6.45, 7) is 0. The first-order valence-electron chi connectivity index (χ1n) is 1.90. The Bertz CT molecular complexity index is 48.9. The van der Waals surface area contributed by atoms with Crippen molar-refractivity contribution < 1.29 is 14.6 Å². The molecule has 0 rings (SSSR count). The van der Waals surface area contributed by atoms with Gasteiger partial charge in [-0.1, -0.05) is 4.94 Å². The number of nitrogens with two attached hydrogens (primary N) is 1. The molecule has 0 fully saturated rings. The van der Waals surface area contributed by atoms with Crippen molar-refractivity contribution >= 4 is 0 Å². The molecule has 0 unspecified atom stereocenters. The van der Waals surface area contributed by atoms with E-state index in [0.29, 0.717) is 0 Å². The van der Waals surface area contributed by atoms with Gasteiger partial charge < -0.3 is 0 Å². The number of quaternary nitrogens is 1. The Balaban J connectivity index is 3.36. The van der Waals surface area contributed by atoms with Gasteiger partial charge in [-0.25, -0.2) is 0 Å². The Morgan fingerprint density at radius 3 is 1.86 bits per heavy atom. The van der Waals surface area contributed by atoms with E-state index in [1.807, 2.05) is 0 Å². The summed E-state index contributed by atoms with van der Waals surface area (Å²) in [5.41, 5.74) is 0. The van der Waals surface area contributed by atoms with Gasteiger partial charge in [0.2, 0.25) is 0 Å². The molecule has 0 heterocycles. The molecule has 0 bridgehead atoms. The fourth-order valence-corrected chi connectivity index (χ4v) is 0.0430. The molecule has 4 nitrogen and oxygen atoms in total. The predicted octanol–water partition coefficient (Wildman–Crippen LogP) is -0.571. The molecule has 2 N–H and O–H groups in total. The van der Waals surface area contributed by atoms with Crippen LogP contribution in [-0.4, -0.2) is 26.0 Å². The third kappa shape index (κ3) is 2.52. The lowest BCUT2D eigenvalue weighted by Crippen LogP contribution is -2.40. The van der Waals surface area contributed by atoms with Gasteiger partial charge in [-0.05, 0) is 4.81 Å². The van der Waals surface area contributed by atoms with Gasteiger partial charge in [0.05, 0.1) is 7.11 Å². The van der Waals surface area contributed by atoms with Crippen LogP contribution >= 0.6 is 0 Å². The zero-order valence-electron chi connectivity index (χ0n) is 4.84. The van der Waals surface area contributed by atoms with Gasteiger partial charge in [-0.2, -0.15) is 10.7 Å². The molecule has 0 spiro atoms. The van der Waals surface area contributed by atoms with Crippen molar-refractivity contribution in [3.05, 3.63) is 0 Å². The first-order chi connectivity index (χ1) is 3.12. The fourth-order valence-electron chi connectivity index (χ4n) is 0.0430. The van der Waals surface area contributed by atoms with Gasteiger partial charge in [-0.15, -0.1) is 0 Å². The van der Waals surface area contributed by atoms with Crippen LogP contribution in [0.4, 0.5) is 0 Å². The summed E-state index contributed by atoms with van der Waals surface area (Å²) in [5, 5.41) is 0. The second-order valence-electron chi connectivity index (χ2n) is 1.54. The highest BCUT2D eigenvalue weighted by Gasteiger charge is 2.12. The maximum atomic E-state index is 4.76. The number of hydrogen-bond donors (Lipinski definition) is 1. The van der Waals surface area contributed by atoms with Crippen molar-refractivity contribution in [3.63, 3.8) is 0 Å². The largest absolute Gasteiger partial charge is 0.170 e. The van der Waals surface area contributed by atoms with Gasteiger partial charge in [0, 0.05) is 0 Å². The van der Waals surface area contributed by atoms with Crippen LogP contribution in [0.15, 0.2) is 0 Å². The SMILES string of the molecule is CO[N+](C)(C)ON. The molecule has 0 aliphatic rings. The van der Waals surface area contributed by atoms with Crippen molar-refractivity contribution in [3.8, 4) is 0 Å². The smallest absolute Gasteiger partial charge is 0.134 e. The van der Waals surface area contributed by atoms with E-state index in [1.165, 1.54) is 7.11 Å². The van der Waals surface area contributed by atoms with E-state index in [-0.39, 0.29) is 4.81 Å². The maximum Gasteiger partial charge on any atom is 0.134 e. The monoisotopic (exact) mass is 107 g/mol. The molecule has 44 valence electrons. The molecule has 0 saturated heterocycles. The normalized spacial score (nSPS) is 12.0. The van der Waals surface area contributed by atoms with Crippen LogP contribution in [0, 0.1) is 0 Å². The number of nitrogens with zero attached hydrogens (tertiary/aromatic N) is 1. The maximum absolute atomic E-state index is 4.76. The Hall–Kier alpha value is -0.160. The Morgan fingerprint density at radius 1 is 1.43 bits per heavy atom. The Labute approximate surface area is 42.9 Å². The van der Waals surface area contributed by atoms with Crippen LogP contribution in [0.25, 0.3) is 0 Å². The summed E-state index contributed by atoms with van der Waals surface area (Å²) in [6.07, 6.45) is 0. The zero-order chi connectivity index (χ0) is 5.91. The first-order valence-corrected chi connectivity index (χ1v) is 1.90. The summed E-state index contributed by atoms with van der Waals surface area (Å²) in [4.78, 5) is 8.90. The number of hydrogen-bond acceptors (Lipinski definition) is 3. The van der Waals surface area contributed by atoms with E-state index in [0.717, 1.165) is 0 Å². The molecule has 0 aromatic heterocycles. The quantitative estimate of drug-likeness (QED) is 0.379. The van der Waals surface area contributed by atoms with Crippen molar-refractivity contribution in [2.24, 2.45) is 5.90 Å². The number of rotatable bonds is 2. The molecule has 0 radical (unpaired) electrons. The minimum atomic E-state index is -0.0833. The van der Waals surface area contributed by atoms with Gasteiger partial charge >= 0.3 is 0 Å². The third-order valence-electron chi connectivity index (χ3n) is 0.694. The van der Waals surface area contributed by atoms with E-state index in [1.54, 1.807) is 14.1 Å². The van der Waals surface area contributed by atoms with Crippen LogP contribution in [0.2, 0.25) is 0 Å². The molecule has 7 heavy (non-hydrogen) atoms. The second kappa shape index (κ2) is 2.23. The summed E-state index contributed by atoms with van der Waals surface area (Å²) in [7, 11) is 4.84. The molecule has 4 heteroatoms. The number of hydroxylamine groups is 4. The third-order valence-corrected chi connectivity index (χ3v) is 0.694. The summed E-state index contributed by atoms with van der Waals surface area (Å²) >= 11 is 0. The topological polar surface area (TPSA) is 44.5 Å². The van der Waals surface area contributed by atoms with E-state index >= 15 is 0 Å². The van der Waals surface area contributed by atoms with Gasteiger partial charge in [0.15, 0.2) is 0 Å². The van der Waals surface area contributed by atoms with E-state index in [2.05, 4.69) is 9.78 Å². The average molecular weight is 107 g/mol. The van der Waals surface area contributed by atoms with Crippen molar-refractivity contribution in [1.29, 1.82) is 0 Å². The molecule has 0 aromatic rings. The van der Waals surface area contributed by atoms with E-state index < -0.39 is 0 Å². The highest BCUT2D eigenvalue weighted by molar-refractivity contribution is 3.67. The molecule has 0 amide bonds. The van der Waals surface area contributed by atoms with Crippen molar-refractivity contribution in [2.45, 2.75) is 0 Å². The predicted molar refractivity (Wildman–Crippen MR) is 24.4 cm³/mol. The Kier molecular flexibility index (Phi) is 2.17. The summed E-state index contributed by atoms with van der Waals surface area (Å²) in [5.74, 6) is 4.76. The highest BCUT2D eigenvalue weighted by Crippen LogP contribution is 1.90. The van der Waals surface area contributed by atoms with Gasteiger partial charge in [0.25, 0.3) is 0 Å². The van der Waals surface area contributed by atoms with Crippen LogP contribution in [-0.2, 0) is 9.78 Å². The molecule has 0 atom stereocenters. The van der Waals surface area contributed by atoms with E-state index in [4.69, 9.17) is 5.90 Å². The van der Waals surface area contributed by atoms with Crippen LogP contribution in [0.1, 0.15) is 0 Å². The molecule has 0 aliphatic carbocycles. The first kappa shape index (κ1) is 6.84. The summed E-state index contributed by atoms with van der Waals surface area (Å²) < 4.78 is 0. The summed E-state index contributed by atoms with van der Waals surface area (Å²) in [6, 6.07) is 0. The van der Waals surface area contributed by atoms with Crippen molar-refractivity contribution in [2.75, 3.05) is 21.2 Å². The van der Waals surface area contributed by atoms with Gasteiger partial charge in [0.1, 0.15) is 14.1 Å². The van der Waals surface area contributed by atoms with Gasteiger partial charge in [-0.3, -0.25) is 0 Å². The average Bonchev–Trinajstić information content (AvgIpc) is 1.68. The van der Waals surface area contributed by atoms with Crippen LogP contribution in [0.3, 0.4) is 0 Å². The molecular weight excluding hydrogens is 96.0 g/mol. The minimum Gasteiger partial charge on any atom is -0.170 e.